The van der Waals surface area contributed by atoms with Crippen LogP contribution in [0.3, 0.4) is 0 Å². The summed E-state index contributed by atoms with van der Waals surface area (Å²) in [5, 5.41) is 13.5. The summed E-state index contributed by atoms with van der Waals surface area (Å²) in [4.78, 5) is 0. The molecule has 1 unspecified atom stereocenters. The molecule has 0 heterocycles. The average Bonchev–Trinajstić information content (AvgIpc) is 2.42. The summed E-state index contributed by atoms with van der Waals surface area (Å²) in [5.74, 6) is -1.22. The minimum absolute atomic E-state index is 0.0571. The van der Waals surface area contributed by atoms with Gasteiger partial charge in [-0.3, -0.25) is 0 Å². The van der Waals surface area contributed by atoms with E-state index in [1.807, 2.05) is 13.0 Å². The van der Waals surface area contributed by atoms with E-state index in [0.717, 1.165) is 29.4 Å². The number of nitrogens with one attached hydrogen (secondary N) is 1. The van der Waals surface area contributed by atoms with Crippen molar-refractivity contribution in [2.75, 3.05) is 11.9 Å². The highest BCUT2D eigenvalue weighted by Crippen LogP contribution is 2.23. The maximum absolute atomic E-state index is 13.5. The Morgan fingerprint density at radius 1 is 1.20 bits per heavy atom. The Bertz CT molecular complexity index is 619. The molecule has 0 aliphatic heterocycles. The molecule has 2 rings (SSSR count). The van der Waals surface area contributed by atoms with Gasteiger partial charge >= 0.3 is 0 Å². The monoisotopic (exact) mass is 297 g/mol. The van der Waals surface area contributed by atoms with E-state index < -0.39 is 17.7 Å². The van der Waals surface area contributed by atoms with Gasteiger partial charge < -0.3 is 10.4 Å². The van der Waals surface area contributed by atoms with Gasteiger partial charge in [-0.2, -0.15) is 0 Å². The van der Waals surface area contributed by atoms with Gasteiger partial charge in [0.25, 0.3) is 0 Å². The number of hydrogen-bond donors (Lipinski definition) is 2. The molecule has 0 aliphatic rings. The first-order valence-corrected chi connectivity index (χ1v) is 6.48. The topological polar surface area (TPSA) is 32.3 Å². The Morgan fingerprint density at radius 3 is 2.70 bits per heavy atom. The predicted octanol–water partition coefficient (Wildman–Crippen LogP) is 4.07. The Hall–Kier alpha value is -1.65. The second kappa shape index (κ2) is 6.20. The van der Waals surface area contributed by atoms with Gasteiger partial charge in [-0.15, -0.1) is 0 Å². The third-order valence-corrected chi connectivity index (χ3v) is 3.24. The van der Waals surface area contributed by atoms with E-state index >= 15 is 0 Å². The quantitative estimate of drug-likeness (QED) is 0.891. The molecule has 0 aliphatic carbocycles. The molecule has 0 spiro atoms. The van der Waals surface area contributed by atoms with Gasteiger partial charge in [0.1, 0.15) is 11.6 Å². The third kappa shape index (κ3) is 3.46. The zero-order valence-corrected chi connectivity index (χ0v) is 11.6. The number of aliphatic hydroxyl groups excluding tert-OH is 1. The highest BCUT2D eigenvalue weighted by atomic mass is 35.5. The first-order chi connectivity index (χ1) is 9.47. The third-order valence-electron chi connectivity index (χ3n) is 3.00. The van der Waals surface area contributed by atoms with Crippen molar-refractivity contribution >= 4 is 17.3 Å². The maximum Gasteiger partial charge on any atom is 0.129 e. The van der Waals surface area contributed by atoms with E-state index in [0.29, 0.717) is 5.02 Å². The van der Waals surface area contributed by atoms with Gasteiger partial charge in [0, 0.05) is 22.8 Å². The fourth-order valence-corrected chi connectivity index (χ4v) is 2.04. The molecule has 0 saturated heterocycles. The SMILES string of the molecule is Cc1ccc(Cl)cc1NCC(O)c1cc(F)ccc1F. The number of hydrogen-bond acceptors (Lipinski definition) is 2. The molecular weight excluding hydrogens is 284 g/mol. The zero-order chi connectivity index (χ0) is 14.7. The van der Waals surface area contributed by atoms with Crippen molar-refractivity contribution in [3.05, 3.63) is 64.2 Å². The highest BCUT2D eigenvalue weighted by Gasteiger charge is 2.14. The molecule has 0 saturated carbocycles. The molecule has 0 fully saturated rings. The lowest BCUT2D eigenvalue weighted by molar-refractivity contribution is 0.186. The van der Waals surface area contributed by atoms with Crippen LogP contribution in [0.4, 0.5) is 14.5 Å². The predicted molar refractivity (Wildman–Crippen MR) is 76.0 cm³/mol. The number of halogens is 3. The van der Waals surface area contributed by atoms with Gasteiger partial charge in [-0.25, -0.2) is 8.78 Å². The summed E-state index contributed by atoms with van der Waals surface area (Å²) < 4.78 is 26.6. The van der Waals surface area contributed by atoms with Crippen molar-refractivity contribution in [3.63, 3.8) is 0 Å². The molecule has 2 N–H and O–H groups in total. The van der Waals surface area contributed by atoms with Crippen molar-refractivity contribution in [1.82, 2.24) is 0 Å². The van der Waals surface area contributed by atoms with Crippen LogP contribution < -0.4 is 5.32 Å². The van der Waals surface area contributed by atoms with Crippen LogP contribution in [0.25, 0.3) is 0 Å². The number of rotatable bonds is 4. The van der Waals surface area contributed by atoms with Crippen LogP contribution in [0.2, 0.25) is 5.02 Å². The van der Waals surface area contributed by atoms with Gasteiger partial charge in [0.05, 0.1) is 6.10 Å². The summed E-state index contributed by atoms with van der Waals surface area (Å²) in [6.45, 7) is 1.94. The summed E-state index contributed by atoms with van der Waals surface area (Å²) in [5.41, 5.74) is 1.62. The van der Waals surface area contributed by atoms with Gasteiger partial charge in [-0.05, 0) is 42.8 Å². The molecule has 1 atom stereocenters. The minimum atomic E-state index is -1.15. The first kappa shape index (κ1) is 14.8. The number of aliphatic hydroxyl groups is 1. The Labute approximate surface area is 121 Å². The molecule has 2 nitrogen and oxygen atoms in total. The van der Waals surface area contributed by atoms with Crippen molar-refractivity contribution in [2.45, 2.75) is 13.0 Å². The van der Waals surface area contributed by atoms with E-state index in [-0.39, 0.29) is 12.1 Å². The average molecular weight is 298 g/mol. The second-order valence-corrected chi connectivity index (χ2v) is 4.96. The molecular formula is C15H14ClF2NO. The van der Waals surface area contributed by atoms with Gasteiger partial charge in [-0.1, -0.05) is 17.7 Å². The molecule has 0 amide bonds. The molecule has 0 radical (unpaired) electrons. The van der Waals surface area contributed by atoms with E-state index in [9.17, 15) is 13.9 Å². The van der Waals surface area contributed by atoms with E-state index in [4.69, 9.17) is 11.6 Å². The van der Waals surface area contributed by atoms with Crippen molar-refractivity contribution in [2.24, 2.45) is 0 Å². The van der Waals surface area contributed by atoms with Crippen LogP contribution in [-0.2, 0) is 0 Å². The highest BCUT2D eigenvalue weighted by molar-refractivity contribution is 6.30. The Morgan fingerprint density at radius 2 is 1.95 bits per heavy atom. The smallest absolute Gasteiger partial charge is 0.129 e. The van der Waals surface area contributed by atoms with Crippen molar-refractivity contribution in [1.29, 1.82) is 0 Å². The van der Waals surface area contributed by atoms with Crippen LogP contribution in [0.5, 0.6) is 0 Å². The maximum atomic E-state index is 13.5. The lowest BCUT2D eigenvalue weighted by Crippen LogP contribution is -2.14. The molecule has 2 aromatic rings. The molecule has 106 valence electrons. The number of benzene rings is 2. The number of aryl methyl sites for hydroxylation is 1. The molecule has 2 aromatic carbocycles. The summed E-state index contributed by atoms with van der Waals surface area (Å²) in [7, 11) is 0. The van der Waals surface area contributed by atoms with Crippen LogP contribution in [0.1, 0.15) is 17.2 Å². The largest absolute Gasteiger partial charge is 0.386 e. The van der Waals surface area contributed by atoms with Crippen molar-refractivity contribution in [3.8, 4) is 0 Å². The first-order valence-electron chi connectivity index (χ1n) is 6.10. The van der Waals surface area contributed by atoms with Crippen LogP contribution in [0, 0.1) is 18.6 Å². The normalized spacial score (nSPS) is 12.2. The zero-order valence-electron chi connectivity index (χ0n) is 10.8. The van der Waals surface area contributed by atoms with E-state index in [2.05, 4.69) is 5.32 Å². The van der Waals surface area contributed by atoms with Crippen molar-refractivity contribution < 1.29 is 13.9 Å². The standard InChI is InChI=1S/C15H14ClF2NO/c1-9-2-3-10(16)6-14(9)19-8-15(20)12-7-11(17)4-5-13(12)18/h2-7,15,19-20H,8H2,1H3. The Kier molecular flexibility index (Phi) is 4.57. The van der Waals surface area contributed by atoms with Gasteiger partial charge in [0.2, 0.25) is 0 Å². The molecule has 0 bridgehead atoms. The fraction of sp³-hybridized carbons (Fsp3) is 0.200. The molecule has 0 aromatic heterocycles. The summed E-state index contributed by atoms with van der Waals surface area (Å²) >= 11 is 5.88. The molecule has 5 heteroatoms. The van der Waals surface area contributed by atoms with Crippen LogP contribution in [0.15, 0.2) is 36.4 Å². The van der Waals surface area contributed by atoms with Crippen LogP contribution in [-0.4, -0.2) is 11.7 Å². The lowest BCUT2D eigenvalue weighted by Gasteiger charge is -2.15. The van der Waals surface area contributed by atoms with E-state index in [1.165, 1.54) is 0 Å². The summed E-state index contributed by atoms with van der Waals surface area (Å²) in [6.07, 6.45) is -1.15. The second-order valence-electron chi connectivity index (χ2n) is 4.52. The van der Waals surface area contributed by atoms with E-state index in [1.54, 1.807) is 12.1 Å². The number of anilines is 1. The summed E-state index contributed by atoms with van der Waals surface area (Å²) in [6, 6.07) is 8.31. The Balaban J connectivity index is 2.10. The van der Waals surface area contributed by atoms with Gasteiger partial charge in [0.15, 0.2) is 0 Å². The minimum Gasteiger partial charge on any atom is -0.386 e. The fourth-order valence-electron chi connectivity index (χ4n) is 1.87. The molecule has 20 heavy (non-hydrogen) atoms. The lowest BCUT2D eigenvalue weighted by atomic mass is 10.1. The van der Waals surface area contributed by atoms with Crippen LogP contribution >= 0.6 is 11.6 Å².